The van der Waals surface area contributed by atoms with Gasteiger partial charge in [-0.3, -0.25) is 14.7 Å². The summed E-state index contributed by atoms with van der Waals surface area (Å²) in [5.41, 5.74) is 0.753. The Morgan fingerprint density at radius 2 is 1.96 bits per heavy atom. The SMILES string of the molecule is CCOC(=O)COc1cc(Br)c(/C=C2/SC(=NC)N(C)C2=O)cc1OCC. The number of halogens is 1. The minimum Gasteiger partial charge on any atom is -0.490 e. The number of rotatable bonds is 7. The molecular formula is C18H21BrN2O5S. The fourth-order valence-corrected chi connectivity index (χ4v) is 3.63. The Morgan fingerprint density at radius 3 is 2.56 bits per heavy atom. The molecule has 0 bridgehead atoms. The zero-order valence-electron chi connectivity index (χ0n) is 15.6. The highest BCUT2D eigenvalue weighted by Crippen LogP contribution is 2.37. The lowest BCUT2D eigenvalue weighted by atomic mass is 10.2. The molecule has 2 rings (SSSR count). The summed E-state index contributed by atoms with van der Waals surface area (Å²) in [6, 6.07) is 3.47. The number of aliphatic imine (C=N–C) groups is 1. The Balaban J connectivity index is 2.31. The molecule has 0 spiro atoms. The summed E-state index contributed by atoms with van der Waals surface area (Å²) < 4.78 is 16.7. The minimum atomic E-state index is -0.454. The third-order valence-electron chi connectivity index (χ3n) is 3.50. The maximum Gasteiger partial charge on any atom is 0.344 e. The van der Waals surface area contributed by atoms with Gasteiger partial charge in [-0.05, 0) is 49.4 Å². The third-order valence-corrected chi connectivity index (χ3v) is 5.33. The Hall–Kier alpha value is -2.00. The summed E-state index contributed by atoms with van der Waals surface area (Å²) in [6.45, 7) is 4.09. The first kappa shape index (κ1) is 21.3. The molecule has 1 aliphatic heterocycles. The first-order valence-electron chi connectivity index (χ1n) is 8.30. The van der Waals surface area contributed by atoms with Gasteiger partial charge < -0.3 is 14.2 Å². The molecule has 0 N–H and O–H groups in total. The molecule has 27 heavy (non-hydrogen) atoms. The van der Waals surface area contributed by atoms with E-state index in [2.05, 4.69) is 20.9 Å². The molecule has 1 heterocycles. The number of thioether (sulfide) groups is 1. The van der Waals surface area contributed by atoms with Crippen LogP contribution in [0.5, 0.6) is 11.5 Å². The fourth-order valence-electron chi connectivity index (χ4n) is 2.27. The van der Waals surface area contributed by atoms with Crippen LogP contribution in [0.3, 0.4) is 0 Å². The van der Waals surface area contributed by atoms with E-state index in [-0.39, 0.29) is 12.5 Å². The largest absolute Gasteiger partial charge is 0.490 e. The quantitative estimate of drug-likeness (QED) is 0.462. The van der Waals surface area contributed by atoms with Crippen molar-refractivity contribution in [3.05, 3.63) is 27.1 Å². The standard InChI is InChI=1S/C18H21BrN2O5S/c1-5-24-13-7-11(8-15-17(23)21(4)18(20-3)27-15)12(19)9-14(13)26-10-16(22)25-6-2/h7-9H,5-6,10H2,1-4H3/b15-8+,20-18?. The van der Waals surface area contributed by atoms with Gasteiger partial charge in [0.05, 0.1) is 18.1 Å². The van der Waals surface area contributed by atoms with Gasteiger partial charge in [0.15, 0.2) is 23.3 Å². The molecule has 9 heteroatoms. The van der Waals surface area contributed by atoms with Crippen molar-refractivity contribution in [2.45, 2.75) is 13.8 Å². The van der Waals surface area contributed by atoms with Gasteiger partial charge in [-0.15, -0.1) is 0 Å². The van der Waals surface area contributed by atoms with E-state index in [1.54, 1.807) is 39.2 Å². The summed E-state index contributed by atoms with van der Waals surface area (Å²) in [6.07, 6.45) is 1.77. The van der Waals surface area contributed by atoms with Crippen LogP contribution in [0, 0.1) is 0 Å². The predicted molar refractivity (Wildman–Crippen MR) is 109 cm³/mol. The number of ether oxygens (including phenoxy) is 3. The first-order valence-corrected chi connectivity index (χ1v) is 9.91. The van der Waals surface area contributed by atoms with Crippen molar-refractivity contribution in [2.24, 2.45) is 4.99 Å². The number of esters is 1. The number of likely N-dealkylation sites (N-methyl/N-ethyl adjacent to an activating group) is 1. The normalized spacial score (nSPS) is 16.9. The second kappa shape index (κ2) is 9.80. The van der Waals surface area contributed by atoms with E-state index >= 15 is 0 Å². The number of nitrogens with zero attached hydrogens (tertiary/aromatic N) is 2. The molecule has 1 aromatic carbocycles. The second-order valence-electron chi connectivity index (χ2n) is 5.33. The number of benzene rings is 1. The van der Waals surface area contributed by atoms with Gasteiger partial charge >= 0.3 is 5.97 Å². The van der Waals surface area contributed by atoms with Crippen LogP contribution in [-0.4, -0.2) is 55.9 Å². The highest BCUT2D eigenvalue weighted by atomic mass is 79.9. The number of carbonyl (C=O) groups is 2. The molecule has 146 valence electrons. The number of hydrogen-bond acceptors (Lipinski definition) is 7. The second-order valence-corrected chi connectivity index (χ2v) is 7.19. The topological polar surface area (TPSA) is 77.4 Å². The predicted octanol–water partition coefficient (Wildman–Crippen LogP) is 3.32. The van der Waals surface area contributed by atoms with E-state index in [9.17, 15) is 9.59 Å². The van der Waals surface area contributed by atoms with Crippen LogP contribution in [0.1, 0.15) is 19.4 Å². The maximum absolute atomic E-state index is 12.3. The van der Waals surface area contributed by atoms with Crippen LogP contribution >= 0.6 is 27.7 Å². The molecule has 1 aromatic rings. The van der Waals surface area contributed by atoms with Gasteiger partial charge in [-0.2, -0.15) is 0 Å². The van der Waals surface area contributed by atoms with Gasteiger partial charge in [-0.1, -0.05) is 15.9 Å². The summed E-state index contributed by atoms with van der Waals surface area (Å²) in [7, 11) is 3.33. The average molecular weight is 457 g/mol. The lowest BCUT2D eigenvalue weighted by Crippen LogP contribution is -2.23. The van der Waals surface area contributed by atoms with Gasteiger partial charge in [0.2, 0.25) is 0 Å². The van der Waals surface area contributed by atoms with Crippen molar-refractivity contribution in [2.75, 3.05) is 33.9 Å². The smallest absolute Gasteiger partial charge is 0.344 e. The first-order chi connectivity index (χ1) is 12.9. The monoisotopic (exact) mass is 456 g/mol. The summed E-state index contributed by atoms with van der Waals surface area (Å²) >= 11 is 4.79. The number of carbonyl (C=O) groups excluding carboxylic acids is 2. The van der Waals surface area contributed by atoms with Crippen LogP contribution in [-0.2, 0) is 14.3 Å². The molecule has 1 fully saturated rings. The van der Waals surface area contributed by atoms with E-state index < -0.39 is 5.97 Å². The van der Waals surface area contributed by atoms with E-state index in [1.165, 1.54) is 16.7 Å². The van der Waals surface area contributed by atoms with Crippen molar-refractivity contribution >= 4 is 50.8 Å². The van der Waals surface area contributed by atoms with Gasteiger partial charge in [-0.25, -0.2) is 4.79 Å². The number of amidine groups is 1. The molecule has 7 nitrogen and oxygen atoms in total. The van der Waals surface area contributed by atoms with E-state index in [4.69, 9.17) is 14.2 Å². The van der Waals surface area contributed by atoms with Crippen molar-refractivity contribution in [3.63, 3.8) is 0 Å². The zero-order valence-corrected chi connectivity index (χ0v) is 18.0. The van der Waals surface area contributed by atoms with E-state index in [1.807, 2.05) is 6.92 Å². The molecule has 0 unspecified atom stereocenters. The molecule has 0 saturated carbocycles. The van der Waals surface area contributed by atoms with E-state index in [0.29, 0.717) is 39.3 Å². The van der Waals surface area contributed by atoms with Crippen LogP contribution < -0.4 is 9.47 Å². The van der Waals surface area contributed by atoms with E-state index in [0.717, 1.165) is 5.56 Å². The summed E-state index contributed by atoms with van der Waals surface area (Å²) in [4.78, 5) is 30.0. The van der Waals surface area contributed by atoms with Crippen molar-refractivity contribution in [1.82, 2.24) is 4.90 Å². The number of hydrogen-bond donors (Lipinski definition) is 0. The Labute approximate surface area is 170 Å². The van der Waals surface area contributed by atoms with Crippen molar-refractivity contribution < 1.29 is 23.8 Å². The Kier molecular flexibility index (Phi) is 7.73. The lowest BCUT2D eigenvalue weighted by molar-refractivity contribution is -0.145. The maximum atomic E-state index is 12.3. The molecule has 0 aliphatic carbocycles. The lowest BCUT2D eigenvalue weighted by Gasteiger charge is -2.13. The number of amides is 1. The van der Waals surface area contributed by atoms with Gasteiger partial charge in [0.25, 0.3) is 5.91 Å². The highest BCUT2D eigenvalue weighted by Gasteiger charge is 2.30. The van der Waals surface area contributed by atoms with Gasteiger partial charge in [0.1, 0.15) is 0 Å². The van der Waals surface area contributed by atoms with Crippen LogP contribution in [0.4, 0.5) is 0 Å². The van der Waals surface area contributed by atoms with Crippen LogP contribution in [0.15, 0.2) is 26.5 Å². The Bertz CT molecular complexity index is 794. The zero-order chi connectivity index (χ0) is 20.0. The molecule has 1 aliphatic rings. The van der Waals surface area contributed by atoms with Crippen LogP contribution in [0.25, 0.3) is 6.08 Å². The Morgan fingerprint density at radius 1 is 1.26 bits per heavy atom. The van der Waals surface area contributed by atoms with Crippen molar-refractivity contribution in [1.29, 1.82) is 0 Å². The fraction of sp³-hybridized carbons (Fsp3) is 0.389. The molecule has 0 radical (unpaired) electrons. The molecule has 1 saturated heterocycles. The minimum absolute atomic E-state index is 0.118. The summed E-state index contributed by atoms with van der Waals surface area (Å²) in [5, 5.41) is 0.641. The molecule has 0 atom stereocenters. The van der Waals surface area contributed by atoms with Crippen LogP contribution in [0.2, 0.25) is 0 Å². The highest BCUT2D eigenvalue weighted by molar-refractivity contribution is 9.10. The van der Waals surface area contributed by atoms with Gasteiger partial charge in [0, 0.05) is 18.6 Å². The van der Waals surface area contributed by atoms with Crippen molar-refractivity contribution in [3.8, 4) is 11.5 Å². The molecule has 0 aromatic heterocycles. The average Bonchev–Trinajstić information content (AvgIpc) is 2.91. The third kappa shape index (κ3) is 5.26. The molecular weight excluding hydrogens is 436 g/mol. The summed E-state index contributed by atoms with van der Waals surface area (Å²) in [5.74, 6) is 0.319. The molecule has 1 amide bonds.